The van der Waals surface area contributed by atoms with E-state index < -0.39 is 11.9 Å². The van der Waals surface area contributed by atoms with Gasteiger partial charge in [0.15, 0.2) is 5.65 Å². The zero-order valence-corrected chi connectivity index (χ0v) is 15.0. The van der Waals surface area contributed by atoms with Crippen molar-refractivity contribution < 1.29 is 4.39 Å². The monoisotopic (exact) mass is 362 g/mol. The van der Waals surface area contributed by atoms with Crippen molar-refractivity contribution in [3.05, 3.63) is 47.1 Å². The zero-order valence-electron chi connectivity index (χ0n) is 14.3. The lowest BCUT2D eigenvalue weighted by atomic mass is 10.1. The van der Waals surface area contributed by atoms with Crippen LogP contribution in [0.25, 0.3) is 11.0 Å². The van der Waals surface area contributed by atoms with Crippen LogP contribution in [0.4, 0.5) is 10.2 Å². The first-order valence-corrected chi connectivity index (χ1v) is 8.28. The molecule has 0 fully saturated rings. The Morgan fingerprint density at radius 1 is 1.28 bits per heavy atom. The van der Waals surface area contributed by atoms with E-state index in [1.807, 2.05) is 4.68 Å². The molecular weight excluding hydrogens is 343 g/mol. The van der Waals surface area contributed by atoms with E-state index in [0.29, 0.717) is 22.9 Å². The van der Waals surface area contributed by atoms with Crippen LogP contribution in [0.2, 0.25) is 5.02 Å². The summed E-state index contributed by atoms with van der Waals surface area (Å²) in [7, 11) is 0. The second-order valence-corrected chi connectivity index (χ2v) is 7.31. The van der Waals surface area contributed by atoms with Crippen LogP contribution in [0.15, 0.2) is 30.7 Å². The third-order valence-corrected chi connectivity index (χ3v) is 4.02. The molecule has 2 aromatic heterocycles. The topological polar surface area (TPSA) is 81.7 Å². The molecule has 2 heterocycles. The molecule has 132 valence electrons. The zero-order chi connectivity index (χ0) is 18.2. The molecule has 0 aliphatic rings. The second-order valence-electron chi connectivity index (χ2n) is 6.88. The predicted octanol–water partition coefficient (Wildman–Crippen LogP) is 3.49. The lowest BCUT2D eigenvalue weighted by Crippen LogP contribution is -2.23. The van der Waals surface area contributed by atoms with Crippen LogP contribution in [0, 0.1) is 5.82 Å². The number of hydrogen-bond acceptors (Lipinski definition) is 5. The summed E-state index contributed by atoms with van der Waals surface area (Å²) >= 11 is 5.89. The maximum atomic E-state index is 13.5. The number of nitrogens with zero attached hydrogens (tertiary/aromatic N) is 4. The molecule has 3 rings (SSSR count). The number of rotatable bonds is 4. The molecule has 3 aromatic rings. The van der Waals surface area contributed by atoms with Crippen molar-refractivity contribution in [2.45, 2.75) is 32.4 Å². The number of nitrogens with one attached hydrogen (secondary N) is 1. The van der Waals surface area contributed by atoms with Gasteiger partial charge in [0, 0.05) is 17.6 Å². The molecule has 0 saturated carbocycles. The molecule has 0 spiro atoms. The highest BCUT2D eigenvalue weighted by Gasteiger charge is 2.19. The van der Waals surface area contributed by atoms with Crippen molar-refractivity contribution >= 4 is 28.5 Å². The van der Waals surface area contributed by atoms with Gasteiger partial charge in [0.2, 0.25) is 0 Å². The van der Waals surface area contributed by atoms with E-state index in [1.165, 1.54) is 18.5 Å². The Labute approximate surface area is 150 Å². The van der Waals surface area contributed by atoms with Crippen LogP contribution in [0.5, 0.6) is 0 Å². The van der Waals surface area contributed by atoms with Gasteiger partial charge in [-0.25, -0.2) is 19.0 Å². The fraction of sp³-hybridized carbons (Fsp3) is 0.353. The van der Waals surface area contributed by atoms with E-state index in [0.717, 1.165) is 11.0 Å². The molecule has 0 bridgehead atoms. The summed E-state index contributed by atoms with van der Waals surface area (Å²) in [6.07, 6.45) is 3.21. The quantitative estimate of drug-likeness (QED) is 0.742. The average Bonchev–Trinajstić information content (AvgIpc) is 2.96. The van der Waals surface area contributed by atoms with Gasteiger partial charge in [0.25, 0.3) is 0 Å². The van der Waals surface area contributed by atoms with Crippen molar-refractivity contribution in [1.29, 1.82) is 0 Å². The summed E-state index contributed by atoms with van der Waals surface area (Å²) in [4.78, 5) is 8.60. The smallest absolute Gasteiger partial charge is 0.163 e. The number of anilines is 1. The Morgan fingerprint density at radius 3 is 2.72 bits per heavy atom. The fourth-order valence-electron chi connectivity index (χ4n) is 2.59. The molecule has 1 unspecified atom stereocenters. The second kappa shape index (κ2) is 6.57. The molecule has 1 aromatic carbocycles. The van der Waals surface area contributed by atoms with Crippen molar-refractivity contribution in [3.63, 3.8) is 0 Å². The fourth-order valence-corrected chi connectivity index (χ4v) is 2.82. The minimum Gasteiger partial charge on any atom is -0.367 e. The number of fused-ring (bicyclic) bond motifs is 1. The minimum absolute atomic E-state index is 0.192. The van der Waals surface area contributed by atoms with Gasteiger partial charge in [-0.3, -0.25) is 0 Å². The van der Waals surface area contributed by atoms with Crippen LogP contribution in [0.3, 0.4) is 0 Å². The maximum absolute atomic E-state index is 13.5. The summed E-state index contributed by atoms with van der Waals surface area (Å²) < 4.78 is 15.3. The third-order valence-electron chi connectivity index (χ3n) is 3.80. The number of benzene rings is 1. The van der Waals surface area contributed by atoms with Crippen LogP contribution < -0.4 is 11.1 Å². The van der Waals surface area contributed by atoms with Gasteiger partial charge in [0.1, 0.15) is 18.0 Å². The predicted molar refractivity (Wildman–Crippen MR) is 97.1 cm³/mol. The first-order chi connectivity index (χ1) is 11.8. The van der Waals surface area contributed by atoms with E-state index in [9.17, 15) is 4.39 Å². The normalized spacial score (nSPS) is 13.2. The first-order valence-electron chi connectivity index (χ1n) is 7.90. The Bertz CT molecular complexity index is 882. The van der Waals surface area contributed by atoms with Crippen molar-refractivity contribution in [2.75, 3.05) is 11.9 Å². The molecule has 3 N–H and O–H groups in total. The van der Waals surface area contributed by atoms with Gasteiger partial charge < -0.3 is 11.1 Å². The molecular formula is C17H20ClFN6. The molecule has 0 aliphatic carbocycles. The molecule has 25 heavy (non-hydrogen) atoms. The van der Waals surface area contributed by atoms with Crippen molar-refractivity contribution in [1.82, 2.24) is 19.7 Å². The lowest BCUT2D eigenvalue weighted by molar-refractivity contribution is 0.366. The Kier molecular flexibility index (Phi) is 4.62. The Hall–Kier alpha value is -2.25. The van der Waals surface area contributed by atoms with Crippen LogP contribution in [-0.4, -0.2) is 26.3 Å². The highest BCUT2D eigenvalue weighted by molar-refractivity contribution is 6.30. The average molecular weight is 363 g/mol. The Morgan fingerprint density at radius 2 is 2.04 bits per heavy atom. The molecule has 0 amide bonds. The van der Waals surface area contributed by atoms with Gasteiger partial charge in [0.05, 0.1) is 17.1 Å². The van der Waals surface area contributed by atoms with Crippen molar-refractivity contribution in [2.24, 2.45) is 5.73 Å². The molecule has 1 atom stereocenters. The van der Waals surface area contributed by atoms with E-state index >= 15 is 0 Å². The van der Waals surface area contributed by atoms with Crippen LogP contribution in [-0.2, 0) is 5.54 Å². The number of halogens is 2. The molecule has 8 heteroatoms. The van der Waals surface area contributed by atoms with Gasteiger partial charge in [-0.05, 0) is 44.5 Å². The van der Waals surface area contributed by atoms with Crippen molar-refractivity contribution in [3.8, 4) is 0 Å². The highest BCUT2D eigenvalue weighted by Crippen LogP contribution is 2.25. The van der Waals surface area contributed by atoms with E-state index in [-0.39, 0.29) is 5.54 Å². The van der Waals surface area contributed by atoms with E-state index in [4.69, 9.17) is 17.3 Å². The number of hydrogen-bond donors (Lipinski definition) is 2. The Balaban J connectivity index is 1.83. The van der Waals surface area contributed by atoms with Crippen LogP contribution >= 0.6 is 11.6 Å². The summed E-state index contributed by atoms with van der Waals surface area (Å²) in [5, 5.41) is 8.73. The number of aromatic nitrogens is 4. The number of nitrogens with two attached hydrogens (primary N) is 1. The standard InChI is InChI=1S/C17H20ClFN6/c1-17(2,3)25-16-13(7-24-25)15(22-9-23-16)21-8-14(20)10-4-11(18)6-12(19)5-10/h4-7,9,14H,8,20H2,1-3H3,(H,21,22,23). The summed E-state index contributed by atoms with van der Waals surface area (Å²) in [6.45, 7) is 6.53. The summed E-state index contributed by atoms with van der Waals surface area (Å²) in [5.74, 6) is 0.229. The molecule has 0 aliphatic heterocycles. The van der Waals surface area contributed by atoms with E-state index in [2.05, 4.69) is 41.2 Å². The third kappa shape index (κ3) is 3.72. The largest absolute Gasteiger partial charge is 0.367 e. The maximum Gasteiger partial charge on any atom is 0.163 e. The molecule has 0 radical (unpaired) electrons. The van der Waals surface area contributed by atoms with E-state index in [1.54, 1.807) is 12.3 Å². The molecule has 0 saturated heterocycles. The van der Waals surface area contributed by atoms with Crippen LogP contribution in [0.1, 0.15) is 32.4 Å². The lowest BCUT2D eigenvalue weighted by Gasteiger charge is -2.19. The summed E-state index contributed by atoms with van der Waals surface area (Å²) in [6, 6.07) is 3.85. The summed E-state index contributed by atoms with van der Waals surface area (Å²) in [5.41, 5.74) is 7.32. The minimum atomic E-state index is -0.434. The molecule has 6 nitrogen and oxygen atoms in total. The highest BCUT2D eigenvalue weighted by atomic mass is 35.5. The SMILES string of the molecule is CC(C)(C)n1ncc2c(NCC(N)c3cc(F)cc(Cl)c3)ncnc21. The van der Waals surface area contributed by atoms with Gasteiger partial charge >= 0.3 is 0 Å². The van der Waals surface area contributed by atoms with Gasteiger partial charge in [-0.2, -0.15) is 5.10 Å². The van der Waals surface area contributed by atoms with Gasteiger partial charge in [-0.1, -0.05) is 11.6 Å². The van der Waals surface area contributed by atoms with Gasteiger partial charge in [-0.15, -0.1) is 0 Å². The first kappa shape index (κ1) is 17.6.